The van der Waals surface area contributed by atoms with E-state index in [0.29, 0.717) is 18.9 Å². The van der Waals surface area contributed by atoms with E-state index >= 15 is 0 Å². The molecule has 3 unspecified atom stereocenters. The van der Waals surface area contributed by atoms with Crippen molar-refractivity contribution in [1.29, 1.82) is 0 Å². The molecule has 3 fully saturated rings. The molecule has 3 aliphatic heterocycles. The number of carbonyl (C=O) groups is 2. The second-order valence-corrected chi connectivity index (χ2v) is 9.02. The lowest BCUT2D eigenvalue weighted by atomic mass is 9.88. The number of aryl methyl sites for hydroxylation is 1. The average Bonchev–Trinajstić information content (AvgIpc) is 3.36. The zero-order chi connectivity index (χ0) is 19.3. The smallest absolute Gasteiger partial charge is 0.400 e. The molecule has 3 aliphatic rings. The van der Waals surface area contributed by atoms with Gasteiger partial charge in [0.2, 0.25) is 0 Å². The van der Waals surface area contributed by atoms with Gasteiger partial charge in [-0.1, -0.05) is 41.6 Å². The van der Waals surface area contributed by atoms with Crippen LogP contribution in [0.2, 0.25) is 0 Å². The lowest BCUT2D eigenvalue weighted by Gasteiger charge is -2.37. The van der Waals surface area contributed by atoms with Gasteiger partial charge >= 0.3 is 17.8 Å². The fourth-order valence-corrected chi connectivity index (χ4v) is 5.98. The van der Waals surface area contributed by atoms with Crippen molar-refractivity contribution in [3.8, 4) is 0 Å². The summed E-state index contributed by atoms with van der Waals surface area (Å²) in [5, 5.41) is 0.971. The summed E-state index contributed by atoms with van der Waals surface area (Å²) in [6.07, 6.45) is 1.33. The van der Waals surface area contributed by atoms with E-state index < -0.39 is 17.8 Å². The molecule has 28 heavy (non-hydrogen) atoms. The van der Waals surface area contributed by atoms with E-state index in [0.717, 1.165) is 29.4 Å². The van der Waals surface area contributed by atoms with Crippen LogP contribution in [0.1, 0.15) is 35.6 Å². The highest BCUT2D eigenvalue weighted by molar-refractivity contribution is 7.98. The number of carbonyl (C=O) groups excluding carboxylic acids is 2. The molecule has 7 nitrogen and oxygen atoms in total. The summed E-state index contributed by atoms with van der Waals surface area (Å²) >= 11 is 2.95. The van der Waals surface area contributed by atoms with Crippen LogP contribution in [0.15, 0.2) is 29.3 Å². The van der Waals surface area contributed by atoms with Crippen LogP contribution in [-0.2, 0) is 24.8 Å². The zero-order valence-electron chi connectivity index (χ0n) is 15.3. The fraction of sp³-hybridized carbons (Fsp3) is 0.474. The normalized spacial score (nSPS) is 27.8. The highest BCUT2D eigenvalue weighted by Crippen LogP contribution is 2.48. The van der Waals surface area contributed by atoms with Crippen molar-refractivity contribution in [3.63, 3.8) is 0 Å². The first-order valence-corrected chi connectivity index (χ1v) is 11.0. The van der Waals surface area contributed by atoms with Gasteiger partial charge in [0.25, 0.3) is 0 Å². The maximum absolute atomic E-state index is 11.6. The Hall–Kier alpha value is -1.97. The molecule has 2 bridgehead atoms. The molecule has 146 valence electrons. The minimum Gasteiger partial charge on any atom is -0.400 e. The molecule has 1 aromatic heterocycles. The molecule has 5 rings (SSSR count). The Labute approximate surface area is 170 Å². The highest BCUT2D eigenvalue weighted by atomic mass is 32.2. The Kier molecular flexibility index (Phi) is 4.41. The molecule has 0 radical (unpaired) electrons. The molecule has 3 atom stereocenters. The number of ether oxygens (including phenoxy) is 2. The van der Waals surface area contributed by atoms with Gasteiger partial charge in [0, 0.05) is 31.2 Å². The van der Waals surface area contributed by atoms with Gasteiger partial charge in [-0.15, -0.1) is 0 Å². The van der Waals surface area contributed by atoms with E-state index in [1.165, 1.54) is 22.9 Å². The molecule has 4 heterocycles. The molecule has 9 heteroatoms. The van der Waals surface area contributed by atoms with Gasteiger partial charge in [0.1, 0.15) is 5.03 Å². The maximum Gasteiger partial charge on any atom is 0.421 e. The van der Waals surface area contributed by atoms with Gasteiger partial charge in [-0.2, -0.15) is 8.75 Å². The third-order valence-electron chi connectivity index (χ3n) is 5.75. The van der Waals surface area contributed by atoms with E-state index in [-0.39, 0.29) is 5.92 Å². The number of nitrogens with zero attached hydrogens (tertiary/aromatic N) is 3. The summed E-state index contributed by atoms with van der Waals surface area (Å²) in [6.45, 7) is 3.46. The Morgan fingerprint density at radius 3 is 2.68 bits per heavy atom. The average molecular weight is 418 g/mol. The van der Waals surface area contributed by atoms with Crippen molar-refractivity contribution in [2.45, 2.75) is 42.4 Å². The number of thioether (sulfide) groups is 1. The first-order chi connectivity index (χ1) is 13.5. The van der Waals surface area contributed by atoms with Crippen molar-refractivity contribution in [2.75, 3.05) is 13.1 Å². The van der Waals surface area contributed by atoms with Crippen molar-refractivity contribution in [2.24, 2.45) is 5.92 Å². The van der Waals surface area contributed by atoms with Gasteiger partial charge in [0.05, 0.1) is 17.4 Å². The largest absolute Gasteiger partial charge is 0.421 e. The molecular weight excluding hydrogens is 398 g/mol. The number of rotatable bonds is 4. The minimum absolute atomic E-state index is 0.205. The number of hydrogen-bond acceptors (Lipinski definition) is 9. The molecule has 1 spiro atoms. The number of piperidine rings is 1. The topological polar surface area (TPSA) is 81.6 Å². The zero-order valence-corrected chi connectivity index (χ0v) is 16.9. The third-order valence-corrected chi connectivity index (χ3v) is 7.46. The van der Waals surface area contributed by atoms with Gasteiger partial charge in [-0.3, -0.25) is 0 Å². The second kappa shape index (κ2) is 6.82. The number of benzene rings is 1. The number of aromatic nitrogens is 2. The van der Waals surface area contributed by atoms with Gasteiger partial charge in [-0.25, -0.2) is 14.5 Å². The number of esters is 2. The summed E-state index contributed by atoms with van der Waals surface area (Å²) in [7, 11) is 0. The lowest BCUT2D eigenvalue weighted by molar-refractivity contribution is -0.257. The summed E-state index contributed by atoms with van der Waals surface area (Å²) in [5.41, 5.74) is 3.52. The van der Waals surface area contributed by atoms with Crippen LogP contribution in [0, 0.1) is 12.8 Å². The Bertz CT molecular complexity index is 914. The highest BCUT2D eigenvalue weighted by Gasteiger charge is 2.59. The molecule has 1 aromatic carbocycles. The molecule has 0 amide bonds. The van der Waals surface area contributed by atoms with E-state index in [1.807, 2.05) is 4.90 Å². The fourth-order valence-electron chi connectivity index (χ4n) is 4.25. The molecular formula is C19H19N3O4S2. The van der Waals surface area contributed by atoms with Crippen molar-refractivity contribution >= 4 is 35.4 Å². The maximum atomic E-state index is 11.6. The first kappa shape index (κ1) is 18.1. The molecule has 0 aliphatic carbocycles. The lowest BCUT2D eigenvalue weighted by Crippen LogP contribution is -2.51. The predicted molar refractivity (Wildman–Crippen MR) is 103 cm³/mol. The summed E-state index contributed by atoms with van der Waals surface area (Å²) in [4.78, 5) is 25.1. The van der Waals surface area contributed by atoms with Gasteiger partial charge in [0.15, 0.2) is 0 Å². The SMILES string of the molecule is Cc1ccc(CSc2nsnc2C2CN3CC2CCC32OC(=O)C(=O)O2)cc1. The first-order valence-electron chi connectivity index (χ1n) is 9.26. The van der Waals surface area contributed by atoms with E-state index in [9.17, 15) is 9.59 Å². The molecule has 2 aromatic rings. The molecule has 3 saturated heterocycles. The van der Waals surface area contributed by atoms with Crippen LogP contribution >= 0.6 is 23.5 Å². The van der Waals surface area contributed by atoms with E-state index in [1.54, 1.807) is 11.8 Å². The van der Waals surface area contributed by atoms with Gasteiger partial charge in [-0.05, 0) is 24.8 Å². The van der Waals surface area contributed by atoms with Crippen LogP contribution in [-0.4, -0.2) is 44.6 Å². The minimum atomic E-state index is -1.21. The number of hydrogen-bond donors (Lipinski definition) is 0. The van der Waals surface area contributed by atoms with Crippen LogP contribution in [0.25, 0.3) is 0 Å². The third kappa shape index (κ3) is 3.01. The Morgan fingerprint density at radius 1 is 1.18 bits per heavy atom. The van der Waals surface area contributed by atoms with E-state index in [2.05, 4.69) is 39.9 Å². The van der Waals surface area contributed by atoms with Gasteiger partial charge < -0.3 is 9.47 Å². The van der Waals surface area contributed by atoms with E-state index in [4.69, 9.17) is 9.47 Å². The monoisotopic (exact) mass is 417 g/mol. The standard InChI is InChI=1S/C19H19N3O4S2/c1-11-2-4-12(5-3-11)10-27-16-15(20-28-21-16)14-9-22-8-13(14)6-7-19(22)25-17(23)18(24)26-19/h2-5,13-14H,6-10H2,1H3. The van der Waals surface area contributed by atoms with Crippen molar-refractivity contribution < 1.29 is 19.1 Å². The second-order valence-electron chi connectivity index (χ2n) is 7.53. The predicted octanol–water partition coefficient (Wildman–Crippen LogP) is 2.70. The Balaban J connectivity index is 1.32. The molecule has 0 saturated carbocycles. The Morgan fingerprint density at radius 2 is 1.93 bits per heavy atom. The quantitative estimate of drug-likeness (QED) is 0.427. The summed E-state index contributed by atoms with van der Waals surface area (Å²) in [6, 6.07) is 8.52. The van der Waals surface area contributed by atoms with Crippen LogP contribution < -0.4 is 0 Å². The van der Waals surface area contributed by atoms with Crippen LogP contribution in [0.5, 0.6) is 0 Å². The summed E-state index contributed by atoms with van der Waals surface area (Å²) in [5.74, 6) is -1.56. The molecule has 0 N–H and O–H groups in total. The summed E-state index contributed by atoms with van der Waals surface area (Å²) < 4.78 is 19.8. The number of fused-ring (bicyclic) bond motifs is 3. The van der Waals surface area contributed by atoms with Crippen LogP contribution in [0.4, 0.5) is 0 Å². The van der Waals surface area contributed by atoms with Crippen molar-refractivity contribution in [3.05, 3.63) is 41.1 Å². The van der Waals surface area contributed by atoms with Crippen molar-refractivity contribution in [1.82, 2.24) is 13.6 Å². The van der Waals surface area contributed by atoms with Crippen LogP contribution in [0.3, 0.4) is 0 Å².